The number of rotatable bonds is 3. The van der Waals surface area contributed by atoms with Crippen molar-refractivity contribution in [2.24, 2.45) is 0 Å². The SMILES string of the molecule is O=C(O)c1ccn2nc(-c3ccccn3)c(-c3ccnc4ccccc34)c2c1. The molecular weight excluding hydrogens is 352 g/mol. The van der Waals surface area contributed by atoms with Crippen LogP contribution in [0.15, 0.2) is 79.3 Å². The standard InChI is InChI=1S/C22H14N4O2/c27-22(28)14-9-12-26-19(13-14)20(21(25-26)18-7-3-4-10-23-18)16-8-11-24-17-6-2-1-5-15(16)17/h1-13H,(H,27,28). The average Bonchev–Trinajstić information content (AvgIpc) is 3.12. The number of para-hydroxylation sites is 1. The van der Waals surface area contributed by atoms with Gasteiger partial charge >= 0.3 is 5.97 Å². The fourth-order valence-corrected chi connectivity index (χ4v) is 3.44. The van der Waals surface area contributed by atoms with Crippen LogP contribution in [0.1, 0.15) is 10.4 Å². The van der Waals surface area contributed by atoms with Gasteiger partial charge in [0.2, 0.25) is 0 Å². The molecule has 5 rings (SSSR count). The number of pyridine rings is 3. The van der Waals surface area contributed by atoms with E-state index >= 15 is 0 Å². The van der Waals surface area contributed by atoms with E-state index in [4.69, 9.17) is 5.10 Å². The van der Waals surface area contributed by atoms with Crippen molar-refractivity contribution in [3.8, 4) is 22.5 Å². The molecule has 0 aliphatic heterocycles. The molecule has 0 spiro atoms. The molecule has 1 aromatic carbocycles. The highest BCUT2D eigenvalue weighted by Gasteiger charge is 2.20. The molecule has 0 amide bonds. The maximum absolute atomic E-state index is 11.5. The van der Waals surface area contributed by atoms with Gasteiger partial charge in [-0.05, 0) is 42.0 Å². The molecule has 28 heavy (non-hydrogen) atoms. The van der Waals surface area contributed by atoms with Crippen molar-refractivity contribution in [2.45, 2.75) is 0 Å². The van der Waals surface area contributed by atoms with Crippen molar-refractivity contribution in [3.63, 3.8) is 0 Å². The molecule has 0 saturated carbocycles. The molecule has 6 nitrogen and oxygen atoms in total. The Kier molecular flexibility index (Phi) is 3.62. The predicted molar refractivity (Wildman–Crippen MR) is 106 cm³/mol. The summed E-state index contributed by atoms with van der Waals surface area (Å²) in [5.41, 5.74) is 4.96. The van der Waals surface area contributed by atoms with Crippen LogP contribution >= 0.6 is 0 Å². The Balaban J connectivity index is 1.92. The quantitative estimate of drug-likeness (QED) is 0.515. The van der Waals surface area contributed by atoms with E-state index in [2.05, 4.69) is 9.97 Å². The van der Waals surface area contributed by atoms with E-state index < -0.39 is 5.97 Å². The van der Waals surface area contributed by atoms with Gasteiger partial charge in [-0.2, -0.15) is 5.10 Å². The van der Waals surface area contributed by atoms with E-state index in [0.29, 0.717) is 11.2 Å². The van der Waals surface area contributed by atoms with Crippen LogP contribution in [0, 0.1) is 0 Å². The second kappa shape index (κ2) is 6.28. The van der Waals surface area contributed by atoms with Crippen molar-refractivity contribution < 1.29 is 9.90 Å². The lowest BCUT2D eigenvalue weighted by Crippen LogP contribution is -1.98. The van der Waals surface area contributed by atoms with Crippen LogP contribution in [0.25, 0.3) is 38.9 Å². The third-order valence-electron chi connectivity index (χ3n) is 4.71. The Labute approximate surface area is 159 Å². The van der Waals surface area contributed by atoms with Gasteiger partial charge in [0.25, 0.3) is 0 Å². The summed E-state index contributed by atoms with van der Waals surface area (Å²) < 4.78 is 1.70. The predicted octanol–water partition coefficient (Wildman–Crippen LogP) is 4.31. The van der Waals surface area contributed by atoms with Crippen molar-refractivity contribution in [1.82, 2.24) is 19.6 Å². The summed E-state index contributed by atoms with van der Waals surface area (Å²) in [6.45, 7) is 0. The minimum Gasteiger partial charge on any atom is -0.478 e. The maximum atomic E-state index is 11.5. The molecule has 6 heteroatoms. The van der Waals surface area contributed by atoms with E-state index in [-0.39, 0.29) is 5.56 Å². The van der Waals surface area contributed by atoms with Crippen LogP contribution in [-0.4, -0.2) is 30.7 Å². The molecule has 0 fully saturated rings. The van der Waals surface area contributed by atoms with Crippen molar-refractivity contribution in [1.29, 1.82) is 0 Å². The number of carbonyl (C=O) groups is 1. The molecule has 134 valence electrons. The zero-order chi connectivity index (χ0) is 19.1. The van der Waals surface area contributed by atoms with Gasteiger partial charge in [0.1, 0.15) is 5.69 Å². The van der Waals surface area contributed by atoms with E-state index in [1.54, 1.807) is 35.2 Å². The molecule has 0 saturated heterocycles. The smallest absolute Gasteiger partial charge is 0.335 e. The van der Waals surface area contributed by atoms with Crippen LogP contribution in [0.4, 0.5) is 0 Å². The average molecular weight is 366 g/mol. The number of carboxylic acid groups (broad SMARTS) is 1. The topological polar surface area (TPSA) is 80.4 Å². The summed E-state index contributed by atoms with van der Waals surface area (Å²) in [5, 5.41) is 15.1. The highest BCUT2D eigenvalue weighted by atomic mass is 16.4. The normalized spacial score (nSPS) is 11.1. The first-order valence-corrected chi connectivity index (χ1v) is 8.73. The largest absolute Gasteiger partial charge is 0.478 e. The van der Waals surface area contributed by atoms with Crippen LogP contribution in [0.5, 0.6) is 0 Å². The highest BCUT2D eigenvalue weighted by Crippen LogP contribution is 2.37. The van der Waals surface area contributed by atoms with Gasteiger partial charge in [0.05, 0.1) is 22.3 Å². The molecule has 0 aliphatic carbocycles. The van der Waals surface area contributed by atoms with Crippen molar-refractivity contribution in [2.75, 3.05) is 0 Å². The molecule has 0 bridgehead atoms. The Hall–Kier alpha value is -4.06. The molecule has 5 aromatic rings. The highest BCUT2D eigenvalue weighted by molar-refractivity contribution is 6.04. The number of aromatic nitrogens is 4. The first-order valence-electron chi connectivity index (χ1n) is 8.73. The minimum absolute atomic E-state index is 0.208. The van der Waals surface area contributed by atoms with Crippen molar-refractivity contribution in [3.05, 3.63) is 84.8 Å². The molecule has 0 aliphatic rings. The Morgan fingerprint density at radius 2 is 1.79 bits per heavy atom. The first-order chi connectivity index (χ1) is 13.7. The maximum Gasteiger partial charge on any atom is 0.335 e. The first kappa shape index (κ1) is 16.1. The van der Waals surface area contributed by atoms with Gasteiger partial charge in [0, 0.05) is 29.5 Å². The van der Waals surface area contributed by atoms with Gasteiger partial charge in [-0.15, -0.1) is 0 Å². The Bertz CT molecular complexity index is 1340. The zero-order valence-electron chi connectivity index (χ0n) is 14.6. The molecule has 4 heterocycles. The number of hydrogen-bond acceptors (Lipinski definition) is 4. The van der Waals surface area contributed by atoms with E-state index in [1.807, 2.05) is 48.5 Å². The lowest BCUT2D eigenvalue weighted by atomic mass is 9.98. The van der Waals surface area contributed by atoms with Crippen LogP contribution in [-0.2, 0) is 0 Å². The number of nitrogens with zero attached hydrogens (tertiary/aromatic N) is 4. The Morgan fingerprint density at radius 1 is 0.929 bits per heavy atom. The zero-order valence-corrected chi connectivity index (χ0v) is 14.6. The van der Waals surface area contributed by atoms with E-state index in [0.717, 1.165) is 27.7 Å². The molecule has 0 atom stereocenters. The summed E-state index contributed by atoms with van der Waals surface area (Å²) in [5.74, 6) is -0.978. The van der Waals surface area contributed by atoms with Crippen LogP contribution in [0.3, 0.4) is 0 Å². The summed E-state index contributed by atoms with van der Waals surface area (Å²) in [4.78, 5) is 20.4. The Morgan fingerprint density at radius 3 is 2.61 bits per heavy atom. The number of carboxylic acids is 1. The van der Waals surface area contributed by atoms with Crippen molar-refractivity contribution >= 4 is 22.4 Å². The van der Waals surface area contributed by atoms with Gasteiger partial charge in [-0.3, -0.25) is 9.97 Å². The lowest BCUT2D eigenvalue weighted by Gasteiger charge is -2.07. The monoisotopic (exact) mass is 366 g/mol. The van der Waals surface area contributed by atoms with Crippen LogP contribution < -0.4 is 0 Å². The summed E-state index contributed by atoms with van der Waals surface area (Å²) in [6.07, 6.45) is 5.14. The molecule has 0 radical (unpaired) electrons. The van der Waals surface area contributed by atoms with Gasteiger partial charge in [0.15, 0.2) is 0 Å². The summed E-state index contributed by atoms with van der Waals surface area (Å²) in [7, 11) is 0. The number of benzene rings is 1. The minimum atomic E-state index is -0.978. The summed E-state index contributed by atoms with van der Waals surface area (Å²) in [6, 6.07) is 18.6. The third kappa shape index (κ3) is 2.51. The van der Waals surface area contributed by atoms with Crippen LogP contribution in [0.2, 0.25) is 0 Å². The molecule has 1 N–H and O–H groups in total. The van der Waals surface area contributed by atoms with Gasteiger partial charge in [-0.25, -0.2) is 9.31 Å². The second-order valence-corrected chi connectivity index (χ2v) is 6.36. The molecular formula is C22H14N4O2. The van der Waals surface area contributed by atoms with Gasteiger partial charge in [-0.1, -0.05) is 24.3 Å². The molecule has 0 unspecified atom stereocenters. The summed E-state index contributed by atoms with van der Waals surface area (Å²) >= 11 is 0. The number of fused-ring (bicyclic) bond motifs is 2. The van der Waals surface area contributed by atoms with E-state index in [9.17, 15) is 9.90 Å². The van der Waals surface area contributed by atoms with Gasteiger partial charge < -0.3 is 5.11 Å². The second-order valence-electron chi connectivity index (χ2n) is 6.36. The fraction of sp³-hybridized carbons (Fsp3) is 0. The third-order valence-corrected chi connectivity index (χ3v) is 4.71. The number of hydrogen-bond donors (Lipinski definition) is 1. The fourth-order valence-electron chi connectivity index (χ4n) is 3.44. The van der Waals surface area contributed by atoms with E-state index in [1.165, 1.54) is 0 Å². The number of aromatic carboxylic acids is 1. The molecule has 4 aromatic heterocycles. The lowest BCUT2D eigenvalue weighted by molar-refractivity contribution is 0.0697.